The van der Waals surface area contributed by atoms with E-state index in [9.17, 15) is 4.79 Å². The zero-order valence-corrected chi connectivity index (χ0v) is 11.7. The molecule has 0 bridgehead atoms. The highest BCUT2D eigenvalue weighted by Gasteiger charge is 2.05. The lowest BCUT2D eigenvalue weighted by molar-refractivity contribution is 0.0950. The van der Waals surface area contributed by atoms with Gasteiger partial charge in [0.25, 0.3) is 5.91 Å². The standard InChI is InChI=1S/C16H18N2O2/c1-12(2)20-15-7-3-5-13(9-15)10-18-16(19)14-6-4-8-17-11-14/h3-9,11-12H,10H2,1-2H3,(H,18,19). The maximum absolute atomic E-state index is 11.9. The van der Waals surface area contributed by atoms with Crippen LogP contribution in [0.2, 0.25) is 0 Å². The Morgan fingerprint density at radius 1 is 1.30 bits per heavy atom. The second-order valence-corrected chi connectivity index (χ2v) is 4.74. The molecule has 0 atom stereocenters. The molecule has 1 amide bonds. The number of nitrogens with one attached hydrogen (secondary N) is 1. The van der Waals surface area contributed by atoms with Crippen molar-refractivity contribution in [1.82, 2.24) is 10.3 Å². The van der Waals surface area contributed by atoms with Crippen molar-refractivity contribution in [2.45, 2.75) is 26.5 Å². The van der Waals surface area contributed by atoms with Crippen molar-refractivity contribution in [2.75, 3.05) is 0 Å². The summed E-state index contributed by atoms with van der Waals surface area (Å²) in [7, 11) is 0. The van der Waals surface area contributed by atoms with E-state index in [-0.39, 0.29) is 12.0 Å². The average Bonchev–Trinajstić information content (AvgIpc) is 2.45. The number of hydrogen-bond donors (Lipinski definition) is 1. The Balaban J connectivity index is 1.95. The van der Waals surface area contributed by atoms with Gasteiger partial charge < -0.3 is 10.1 Å². The van der Waals surface area contributed by atoms with Crippen molar-refractivity contribution in [3.05, 3.63) is 59.9 Å². The number of amides is 1. The molecule has 20 heavy (non-hydrogen) atoms. The molecule has 2 aromatic rings. The molecule has 1 aromatic heterocycles. The van der Waals surface area contributed by atoms with Crippen LogP contribution in [0.3, 0.4) is 0 Å². The fraction of sp³-hybridized carbons (Fsp3) is 0.250. The second kappa shape index (κ2) is 6.70. The van der Waals surface area contributed by atoms with Crippen LogP contribution in [0.1, 0.15) is 29.8 Å². The Morgan fingerprint density at radius 3 is 2.85 bits per heavy atom. The van der Waals surface area contributed by atoms with Crippen molar-refractivity contribution >= 4 is 5.91 Å². The van der Waals surface area contributed by atoms with Crippen molar-refractivity contribution in [1.29, 1.82) is 0 Å². The van der Waals surface area contributed by atoms with E-state index in [1.54, 1.807) is 24.5 Å². The van der Waals surface area contributed by atoms with Crippen LogP contribution >= 0.6 is 0 Å². The monoisotopic (exact) mass is 270 g/mol. The molecule has 0 aliphatic carbocycles. The Bertz CT molecular complexity index is 568. The van der Waals surface area contributed by atoms with E-state index in [4.69, 9.17) is 4.74 Å². The summed E-state index contributed by atoms with van der Waals surface area (Å²) in [5.74, 6) is 0.682. The van der Waals surface area contributed by atoms with Crippen LogP contribution in [0, 0.1) is 0 Å². The van der Waals surface area contributed by atoms with Crippen LogP contribution in [-0.2, 0) is 6.54 Å². The molecule has 1 aromatic carbocycles. The molecule has 0 spiro atoms. The number of benzene rings is 1. The quantitative estimate of drug-likeness (QED) is 0.909. The summed E-state index contributed by atoms with van der Waals surface area (Å²) in [5.41, 5.74) is 1.56. The molecule has 1 N–H and O–H groups in total. The number of hydrogen-bond acceptors (Lipinski definition) is 3. The van der Waals surface area contributed by atoms with Crippen LogP contribution < -0.4 is 10.1 Å². The topological polar surface area (TPSA) is 51.2 Å². The minimum Gasteiger partial charge on any atom is -0.491 e. The van der Waals surface area contributed by atoms with Crippen LogP contribution in [-0.4, -0.2) is 17.0 Å². The normalized spacial score (nSPS) is 10.3. The first-order valence-corrected chi connectivity index (χ1v) is 6.59. The highest BCUT2D eigenvalue weighted by molar-refractivity contribution is 5.93. The van der Waals surface area contributed by atoms with Crippen molar-refractivity contribution in [3.63, 3.8) is 0 Å². The zero-order valence-electron chi connectivity index (χ0n) is 11.7. The zero-order chi connectivity index (χ0) is 14.4. The van der Waals surface area contributed by atoms with Gasteiger partial charge in [0, 0.05) is 18.9 Å². The lowest BCUT2D eigenvalue weighted by atomic mass is 10.2. The molecule has 0 aliphatic heterocycles. The van der Waals surface area contributed by atoms with E-state index in [1.807, 2.05) is 38.1 Å². The van der Waals surface area contributed by atoms with E-state index in [0.29, 0.717) is 12.1 Å². The van der Waals surface area contributed by atoms with Gasteiger partial charge in [0.1, 0.15) is 5.75 Å². The highest BCUT2D eigenvalue weighted by Crippen LogP contribution is 2.14. The third-order valence-corrected chi connectivity index (χ3v) is 2.65. The number of carbonyl (C=O) groups excluding carboxylic acids is 1. The average molecular weight is 270 g/mol. The smallest absolute Gasteiger partial charge is 0.253 e. The van der Waals surface area contributed by atoms with Gasteiger partial charge >= 0.3 is 0 Å². The second-order valence-electron chi connectivity index (χ2n) is 4.74. The Morgan fingerprint density at radius 2 is 2.15 bits per heavy atom. The fourth-order valence-electron chi connectivity index (χ4n) is 1.78. The third kappa shape index (κ3) is 4.09. The Labute approximate surface area is 118 Å². The third-order valence-electron chi connectivity index (χ3n) is 2.65. The van der Waals surface area contributed by atoms with Crippen LogP contribution in [0.5, 0.6) is 5.75 Å². The van der Waals surface area contributed by atoms with Gasteiger partial charge in [-0.25, -0.2) is 0 Å². The molecule has 4 nitrogen and oxygen atoms in total. The first-order valence-electron chi connectivity index (χ1n) is 6.59. The number of rotatable bonds is 5. The number of ether oxygens (including phenoxy) is 1. The van der Waals surface area contributed by atoms with E-state index in [2.05, 4.69) is 10.3 Å². The van der Waals surface area contributed by atoms with Crippen molar-refractivity contribution in [2.24, 2.45) is 0 Å². The van der Waals surface area contributed by atoms with Crippen molar-refractivity contribution < 1.29 is 9.53 Å². The predicted molar refractivity (Wildman–Crippen MR) is 77.6 cm³/mol. The SMILES string of the molecule is CC(C)Oc1cccc(CNC(=O)c2cccnc2)c1. The van der Waals surface area contributed by atoms with Gasteiger partial charge in [-0.1, -0.05) is 12.1 Å². The van der Waals surface area contributed by atoms with Crippen molar-refractivity contribution in [3.8, 4) is 5.75 Å². The lowest BCUT2D eigenvalue weighted by Crippen LogP contribution is -2.22. The molecule has 0 saturated heterocycles. The molecule has 0 aliphatic rings. The summed E-state index contributed by atoms with van der Waals surface area (Å²) in [6.07, 6.45) is 3.33. The number of aromatic nitrogens is 1. The molecule has 0 saturated carbocycles. The van der Waals surface area contributed by atoms with Crippen LogP contribution in [0.4, 0.5) is 0 Å². The van der Waals surface area contributed by atoms with E-state index in [0.717, 1.165) is 11.3 Å². The molecule has 0 fully saturated rings. The van der Waals surface area contributed by atoms with Crippen LogP contribution in [0.25, 0.3) is 0 Å². The minimum absolute atomic E-state index is 0.131. The lowest BCUT2D eigenvalue weighted by Gasteiger charge is -2.11. The molecule has 1 heterocycles. The summed E-state index contributed by atoms with van der Waals surface area (Å²) in [6.45, 7) is 4.43. The van der Waals surface area contributed by atoms with E-state index >= 15 is 0 Å². The Kier molecular flexibility index (Phi) is 4.71. The molecular weight excluding hydrogens is 252 g/mol. The number of carbonyl (C=O) groups is 1. The molecule has 104 valence electrons. The molecular formula is C16H18N2O2. The molecule has 2 rings (SSSR count). The largest absolute Gasteiger partial charge is 0.491 e. The van der Waals surface area contributed by atoms with Gasteiger partial charge in [-0.3, -0.25) is 9.78 Å². The molecule has 0 unspecified atom stereocenters. The summed E-state index contributed by atoms with van der Waals surface area (Å²) in [4.78, 5) is 15.8. The maximum atomic E-state index is 11.9. The first-order chi connectivity index (χ1) is 9.65. The molecule has 0 radical (unpaired) electrons. The summed E-state index contributed by atoms with van der Waals surface area (Å²) in [6, 6.07) is 11.2. The van der Waals surface area contributed by atoms with Gasteiger partial charge in [0.05, 0.1) is 11.7 Å². The maximum Gasteiger partial charge on any atom is 0.253 e. The van der Waals surface area contributed by atoms with Gasteiger partial charge in [-0.2, -0.15) is 0 Å². The van der Waals surface area contributed by atoms with Crippen LogP contribution in [0.15, 0.2) is 48.8 Å². The fourth-order valence-corrected chi connectivity index (χ4v) is 1.78. The van der Waals surface area contributed by atoms with E-state index in [1.165, 1.54) is 0 Å². The predicted octanol–water partition coefficient (Wildman–Crippen LogP) is 2.80. The summed E-state index contributed by atoms with van der Waals surface area (Å²) >= 11 is 0. The van der Waals surface area contributed by atoms with Gasteiger partial charge in [0.15, 0.2) is 0 Å². The highest BCUT2D eigenvalue weighted by atomic mass is 16.5. The number of pyridine rings is 1. The summed E-state index contributed by atoms with van der Waals surface area (Å²) in [5, 5.41) is 2.86. The van der Waals surface area contributed by atoms with Gasteiger partial charge in [-0.05, 0) is 43.7 Å². The first kappa shape index (κ1) is 14.1. The number of nitrogens with zero attached hydrogens (tertiary/aromatic N) is 1. The van der Waals surface area contributed by atoms with Gasteiger partial charge in [0.2, 0.25) is 0 Å². The molecule has 4 heteroatoms. The summed E-state index contributed by atoms with van der Waals surface area (Å²) < 4.78 is 5.62. The Hall–Kier alpha value is -2.36. The van der Waals surface area contributed by atoms with E-state index < -0.39 is 0 Å². The van der Waals surface area contributed by atoms with Gasteiger partial charge in [-0.15, -0.1) is 0 Å². The minimum atomic E-state index is -0.131.